The number of ketones is 1. The first kappa shape index (κ1) is 9.65. The molecule has 0 saturated carbocycles. The molecule has 1 aromatic rings. The summed E-state index contributed by atoms with van der Waals surface area (Å²) in [4.78, 5) is 24.4. The van der Waals surface area contributed by atoms with Gasteiger partial charge in [-0.25, -0.2) is 0 Å². The van der Waals surface area contributed by atoms with Crippen LogP contribution >= 0.6 is 0 Å². The Labute approximate surface area is 88.0 Å². The standard InChI is InChI=1S/C12H11NO2/c1-9(14)13-7-6-10-4-2-3-5-11(10)12(15)8-13/h2-7H,8H2,1H3. The van der Waals surface area contributed by atoms with Gasteiger partial charge in [0.1, 0.15) is 0 Å². The average molecular weight is 201 g/mol. The minimum atomic E-state index is -0.118. The minimum Gasteiger partial charge on any atom is -0.311 e. The van der Waals surface area contributed by atoms with Crippen molar-refractivity contribution in [3.8, 4) is 0 Å². The third kappa shape index (κ3) is 1.81. The van der Waals surface area contributed by atoms with Gasteiger partial charge in [-0.1, -0.05) is 24.3 Å². The molecule has 0 unspecified atom stereocenters. The lowest BCUT2D eigenvalue weighted by Gasteiger charge is -2.12. The van der Waals surface area contributed by atoms with Crippen molar-refractivity contribution in [2.45, 2.75) is 6.92 Å². The summed E-state index contributed by atoms with van der Waals surface area (Å²) in [5, 5.41) is 0. The van der Waals surface area contributed by atoms with Crippen LogP contribution in [0.15, 0.2) is 30.5 Å². The fraction of sp³-hybridized carbons (Fsp3) is 0.167. The largest absolute Gasteiger partial charge is 0.311 e. The number of nitrogens with zero attached hydrogens (tertiary/aromatic N) is 1. The number of hydrogen-bond donors (Lipinski definition) is 0. The zero-order chi connectivity index (χ0) is 10.8. The van der Waals surface area contributed by atoms with Crippen LogP contribution in [0.1, 0.15) is 22.8 Å². The van der Waals surface area contributed by atoms with E-state index in [1.807, 2.05) is 18.2 Å². The molecule has 0 radical (unpaired) electrons. The Morgan fingerprint density at radius 1 is 1.33 bits per heavy atom. The summed E-state index contributed by atoms with van der Waals surface area (Å²) >= 11 is 0. The third-order valence-corrected chi connectivity index (χ3v) is 2.41. The van der Waals surface area contributed by atoms with Crippen molar-refractivity contribution < 1.29 is 9.59 Å². The van der Waals surface area contributed by atoms with Gasteiger partial charge in [-0.3, -0.25) is 9.59 Å². The maximum Gasteiger partial charge on any atom is 0.223 e. The van der Waals surface area contributed by atoms with Crippen molar-refractivity contribution in [2.75, 3.05) is 6.54 Å². The van der Waals surface area contributed by atoms with Crippen LogP contribution in [0, 0.1) is 0 Å². The molecule has 76 valence electrons. The van der Waals surface area contributed by atoms with Crippen LogP contribution in [0.4, 0.5) is 0 Å². The van der Waals surface area contributed by atoms with E-state index in [2.05, 4.69) is 0 Å². The molecule has 0 N–H and O–H groups in total. The number of fused-ring (bicyclic) bond motifs is 1. The maximum atomic E-state index is 11.8. The summed E-state index contributed by atoms with van der Waals surface area (Å²) in [6, 6.07) is 7.35. The van der Waals surface area contributed by atoms with Crippen molar-refractivity contribution in [3.63, 3.8) is 0 Å². The van der Waals surface area contributed by atoms with E-state index in [9.17, 15) is 9.59 Å². The molecule has 1 heterocycles. The molecule has 1 aliphatic rings. The molecule has 1 aromatic carbocycles. The zero-order valence-corrected chi connectivity index (χ0v) is 8.43. The highest BCUT2D eigenvalue weighted by molar-refractivity contribution is 6.03. The normalized spacial score (nSPS) is 14.7. The number of rotatable bonds is 0. The SMILES string of the molecule is CC(=O)N1C=Cc2ccccc2C(=O)C1. The molecule has 0 fully saturated rings. The highest BCUT2D eigenvalue weighted by Crippen LogP contribution is 2.16. The molecule has 3 nitrogen and oxygen atoms in total. The van der Waals surface area contributed by atoms with E-state index in [0.29, 0.717) is 5.56 Å². The summed E-state index contributed by atoms with van der Waals surface area (Å²) in [5.74, 6) is -0.141. The second-order valence-corrected chi connectivity index (χ2v) is 3.47. The molecule has 2 rings (SSSR count). The second-order valence-electron chi connectivity index (χ2n) is 3.47. The first-order chi connectivity index (χ1) is 7.18. The Hall–Kier alpha value is -1.90. The first-order valence-electron chi connectivity index (χ1n) is 4.76. The summed E-state index contributed by atoms with van der Waals surface area (Å²) < 4.78 is 0. The average Bonchev–Trinajstić information content (AvgIpc) is 2.39. The van der Waals surface area contributed by atoms with E-state index in [0.717, 1.165) is 5.56 Å². The highest BCUT2D eigenvalue weighted by Gasteiger charge is 2.17. The van der Waals surface area contributed by atoms with Crippen LogP contribution in [0.5, 0.6) is 0 Å². The summed E-state index contributed by atoms with van der Waals surface area (Å²) in [6.45, 7) is 1.58. The Kier molecular flexibility index (Phi) is 2.37. The number of hydrogen-bond acceptors (Lipinski definition) is 2. The Morgan fingerprint density at radius 3 is 2.80 bits per heavy atom. The fourth-order valence-electron chi connectivity index (χ4n) is 1.58. The smallest absolute Gasteiger partial charge is 0.223 e. The van der Waals surface area contributed by atoms with Crippen LogP contribution in [-0.4, -0.2) is 23.1 Å². The second kappa shape index (κ2) is 3.69. The lowest BCUT2D eigenvalue weighted by Crippen LogP contribution is -2.28. The Bertz CT molecular complexity index is 449. The van der Waals surface area contributed by atoms with Crippen LogP contribution in [0.2, 0.25) is 0 Å². The van der Waals surface area contributed by atoms with Gasteiger partial charge in [0, 0.05) is 18.7 Å². The van der Waals surface area contributed by atoms with E-state index in [1.165, 1.54) is 11.8 Å². The van der Waals surface area contributed by atoms with Gasteiger partial charge in [-0.15, -0.1) is 0 Å². The molecule has 0 spiro atoms. The molecule has 0 saturated heterocycles. The number of amides is 1. The molecular weight excluding hydrogens is 190 g/mol. The number of Topliss-reactive ketones (excluding diaryl/α,β-unsaturated/α-hetero) is 1. The van der Waals surface area contributed by atoms with Crippen LogP contribution in [-0.2, 0) is 4.79 Å². The van der Waals surface area contributed by atoms with Gasteiger partial charge < -0.3 is 4.90 Å². The van der Waals surface area contributed by atoms with Crippen LogP contribution < -0.4 is 0 Å². The van der Waals surface area contributed by atoms with E-state index >= 15 is 0 Å². The Balaban J connectivity index is 2.43. The Morgan fingerprint density at radius 2 is 2.07 bits per heavy atom. The van der Waals surface area contributed by atoms with Crippen molar-refractivity contribution in [1.29, 1.82) is 0 Å². The van der Waals surface area contributed by atoms with Gasteiger partial charge in [-0.2, -0.15) is 0 Å². The van der Waals surface area contributed by atoms with E-state index in [4.69, 9.17) is 0 Å². The monoisotopic (exact) mass is 201 g/mol. The van der Waals surface area contributed by atoms with E-state index in [-0.39, 0.29) is 18.2 Å². The molecule has 1 amide bonds. The third-order valence-electron chi connectivity index (χ3n) is 2.41. The van der Waals surface area contributed by atoms with Crippen molar-refractivity contribution in [3.05, 3.63) is 41.6 Å². The van der Waals surface area contributed by atoms with Gasteiger partial charge in [0.2, 0.25) is 5.91 Å². The van der Waals surface area contributed by atoms with Gasteiger partial charge in [0.05, 0.1) is 6.54 Å². The van der Waals surface area contributed by atoms with Crippen LogP contribution in [0.25, 0.3) is 6.08 Å². The van der Waals surface area contributed by atoms with Crippen molar-refractivity contribution in [1.82, 2.24) is 4.90 Å². The molecule has 0 bridgehead atoms. The number of carbonyl (C=O) groups is 2. The lowest BCUT2D eigenvalue weighted by molar-refractivity contribution is -0.125. The molecule has 15 heavy (non-hydrogen) atoms. The minimum absolute atomic E-state index is 0.0224. The number of benzene rings is 1. The molecular formula is C12H11NO2. The lowest BCUT2D eigenvalue weighted by atomic mass is 10.0. The zero-order valence-electron chi connectivity index (χ0n) is 8.43. The predicted molar refractivity (Wildman–Crippen MR) is 57.2 cm³/mol. The topological polar surface area (TPSA) is 37.4 Å². The van der Waals surface area contributed by atoms with E-state index in [1.54, 1.807) is 18.3 Å². The van der Waals surface area contributed by atoms with Crippen molar-refractivity contribution >= 4 is 17.8 Å². The summed E-state index contributed by atoms with van der Waals surface area (Å²) in [6.07, 6.45) is 3.45. The molecule has 0 atom stereocenters. The number of carbonyl (C=O) groups excluding carboxylic acids is 2. The van der Waals surface area contributed by atoms with Gasteiger partial charge >= 0.3 is 0 Å². The molecule has 0 aliphatic carbocycles. The molecule has 3 heteroatoms. The summed E-state index contributed by atoms with van der Waals surface area (Å²) in [5.41, 5.74) is 1.55. The quantitative estimate of drug-likeness (QED) is 0.640. The van der Waals surface area contributed by atoms with Crippen LogP contribution in [0.3, 0.4) is 0 Å². The first-order valence-corrected chi connectivity index (χ1v) is 4.76. The van der Waals surface area contributed by atoms with E-state index < -0.39 is 0 Å². The molecule has 0 aromatic heterocycles. The maximum absolute atomic E-state index is 11.8. The highest BCUT2D eigenvalue weighted by atomic mass is 16.2. The van der Waals surface area contributed by atoms with Gasteiger partial charge in [0.15, 0.2) is 5.78 Å². The molecule has 1 aliphatic heterocycles. The fourth-order valence-corrected chi connectivity index (χ4v) is 1.58. The summed E-state index contributed by atoms with van der Waals surface area (Å²) in [7, 11) is 0. The predicted octanol–water partition coefficient (Wildman–Crippen LogP) is 1.70. The van der Waals surface area contributed by atoms with Gasteiger partial charge in [0.25, 0.3) is 0 Å². The van der Waals surface area contributed by atoms with Gasteiger partial charge in [-0.05, 0) is 11.6 Å². The van der Waals surface area contributed by atoms with Crippen molar-refractivity contribution in [2.24, 2.45) is 0 Å².